The summed E-state index contributed by atoms with van der Waals surface area (Å²) in [5.41, 5.74) is 3.55. The zero-order chi connectivity index (χ0) is 15.6. The largest absolute Gasteiger partial charge is 0.275 e. The summed E-state index contributed by atoms with van der Waals surface area (Å²) in [4.78, 5) is 0. The first-order chi connectivity index (χ1) is 9.92. The molecule has 0 aliphatic heterocycles. The van der Waals surface area contributed by atoms with Crippen LogP contribution in [0.4, 0.5) is 0 Å². The lowest BCUT2D eigenvalue weighted by molar-refractivity contribution is 0.602. The Morgan fingerprint density at radius 2 is 1.86 bits per heavy atom. The Morgan fingerprint density at radius 1 is 1.14 bits per heavy atom. The Morgan fingerprint density at radius 3 is 2.43 bits per heavy atom. The van der Waals surface area contributed by atoms with E-state index in [9.17, 15) is 0 Å². The van der Waals surface area contributed by atoms with Crippen molar-refractivity contribution < 1.29 is 0 Å². The SMILES string of the molecule is CCn1cc(Cl)c(C(C)CCc2cn(C)nc2C(C)C)n1. The monoisotopic (exact) mass is 308 g/mol. The summed E-state index contributed by atoms with van der Waals surface area (Å²) in [6.07, 6.45) is 6.09. The molecule has 0 saturated carbocycles. The molecule has 0 N–H and O–H groups in total. The Labute approximate surface area is 132 Å². The molecule has 0 radical (unpaired) electrons. The van der Waals surface area contributed by atoms with E-state index in [0.717, 1.165) is 30.1 Å². The van der Waals surface area contributed by atoms with Crippen molar-refractivity contribution in [2.75, 3.05) is 0 Å². The fourth-order valence-electron chi connectivity index (χ4n) is 2.65. The van der Waals surface area contributed by atoms with Gasteiger partial charge in [0.25, 0.3) is 0 Å². The fraction of sp³-hybridized carbons (Fsp3) is 0.625. The van der Waals surface area contributed by atoms with Gasteiger partial charge in [-0.1, -0.05) is 32.4 Å². The lowest BCUT2D eigenvalue weighted by atomic mass is 9.96. The summed E-state index contributed by atoms with van der Waals surface area (Å²) in [6.45, 7) is 9.50. The molecule has 0 fully saturated rings. The molecule has 5 heteroatoms. The predicted octanol–water partition coefficient (Wildman–Crippen LogP) is 4.15. The molecule has 0 saturated heterocycles. The van der Waals surface area contributed by atoms with Gasteiger partial charge in [0.15, 0.2) is 0 Å². The van der Waals surface area contributed by atoms with Crippen LogP contribution in [0, 0.1) is 0 Å². The zero-order valence-electron chi connectivity index (χ0n) is 13.6. The summed E-state index contributed by atoms with van der Waals surface area (Å²) in [5.74, 6) is 0.810. The van der Waals surface area contributed by atoms with Crippen molar-refractivity contribution >= 4 is 11.6 Å². The molecule has 4 nitrogen and oxygen atoms in total. The van der Waals surface area contributed by atoms with Crippen molar-refractivity contribution in [1.82, 2.24) is 19.6 Å². The highest BCUT2D eigenvalue weighted by Crippen LogP contribution is 2.28. The molecule has 2 heterocycles. The van der Waals surface area contributed by atoms with Crippen molar-refractivity contribution in [3.63, 3.8) is 0 Å². The average Bonchev–Trinajstić information content (AvgIpc) is 2.99. The molecule has 0 spiro atoms. The number of hydrogen-bond acceptors (Lipinski definition) is 2. The number of rotatable bonds is 6. The van der Waals surface area contributed by atoms with Crippen molar-refractivity contribution in [3.8, 4) is 0 Å². The first-order valence-corrected chi connectivity index (χ1v) is 8.05. The summed E-state index contributed by atoms with van der Waals surface area (Å²) in [6, 6.07) is 0. The van der Waals surface area contributed by atoms with Crippen LogP contribution >= 0.6 is 11.6 Å². The number of aromatic nitrogens is 4. The van der Waals surface area contributed by atoms with Crippen molar-refractivity contribution in [3.05, 3.63) is 34.4 Å². The third kappa shape index (κ3) is 3.67. The molecule has 0 amide bonds. The third-order valence-corrected chi connectivity index (χ3v) is 4.16. The molecular weight excluding hydrogens is 284 g/mol. The number of aryl methyl sites for hydroxylation is 3. The molecule has 0 aliphatic rings. The number of hydrogen-bond donors (Lipinski definition) is 0. The average molecular weight is 309 g/mol. The minimum Gasteiger partial charge on any atom is -0.275 e. The van der Waals surface area contributed by atoms with Crippen LogP contribution in [-0.4, -0.2) is 19.6 Å². The van der Waals surface area contributed by atoms with Crippen LogP contribution in [0.5, 0.6) is 0 Å². The van der Waals surface area contributed by atoms with Gasteiger partial charge in [-0.15, -0.1) is 0 Å². The van der Waals surface area contributed by atoms with Crippen molar-refractivity contribution in [1.29, 1.82) is 0 Å². The van der Waals surface area contributed by atoms with Crippen LogP contribution in [-0.2, 0) is 20.0 Å². The minimum atomic E-state index is 0.352. The quantitative estimate of drug-likeness (QED) is 0.803. The lowest BCUT2D eigenvalue weighted by Gasteiger charge is -2.10. The third-order valence-electron chi connectivity index (χ3n) is 3.86. The van der Waals surface area contributed by atoms with E-state index in [1.165, 1.54) is 11.3 Å². The summed E-state index contributed by atoms with van der Waals surface area (Å²) in [7, 11) is 1.98. The molecular formula is C16H25ClN4. The van der Waals surface area contributed by atoms with Gasteiger partial charge in [-0.05, 0) is 31.2 Å². The number of nitrogens with zero attached hydrogens (tertiary/aromatic N) is 4. The molecule has 2 aromatic heterocycles. The smallest absolute Gasteiger partial charge is 0.0839 e. The molecule has 2 rings (SSSR count). The summed E-state index contributed by atoms with van der Waals surface area (Å²) < 4.78 is 3.81. The maximum absolute atomic E-state index is 6.29. The van der Waals surface area contributed by atoms with Gasteiger partial charge in [-0.2, -0.15) is 10.2 Å². The molecule has 21 heavy (non-hydrogen) atoms. The van der Waals surface area contributed by atoms with Crippen LogP contribution in [0.2, 0.25) is 5.02 Å². The van der Waals surface area contributed by atoms with E-state index in [1.54, 1.807) is 0 Å². The van der Waals surface area contributed by atoms with Crippen LogP contribution in [0.1, 0.15) is 62.9 Å². The van der Waals surface area contributed by atoms with E-state index >= 15 is 0 Å². The van der Waals surface area contributed by atoms with E-state index < -0.39 is 0 Å². The lowest BCUT2D eigenvalue weighted by Crippen LogP contribution is -2.02. The second kappa shape index (κ2) is 6.65. The standard InChI is InChI=1S/C16H25ClN4/c1-6-21-10-14(17)16(19-21)12(4)7-8-13-9-20(5)18-15(13)11(2)3/h9-12H,6-8H2,1-5H3. The maximum Gasteiger partial charge on any atom is 0.0839 e. The van der Waals surface area contributed by atoms with Crippen molar-refractivity contribution in [2.45, 2.75) is 58.9 Å². The molecule has 0 aromatic carbocycles. The Balaban J connectivity index is 2.07. The molecule has 0 bridgehead atoms. The van der Waals surface area contributed by atoms with Gasteiger partial charge in [0, 0.05) is 31.9 Å². The van der Waals surface area contributed by atoms with Crippen LogP contribution in [0.3, 0.4) is 0 Å². The summed E-state index contributed by atoms with van der Waals surface area (Å²) >= 11 is 6.29. The first kappa shape index (κ1) is 16.1. The van der Waals surface area contributed by atoms with E-state index in [2.05, 4.69) is 44.1 Å². The number of halogens is 1. The van der Waals surface area contributed by atoms with Gasteiger partial charge >= 0.3 is 0 Å². The van der Waals surface area contributed by atoms with Gasteiger partial charge in [0.1, 0.15) is 0 Å². The maximum atomic E-state index is 6.29. The van der Waals surface area contributed by atoms with Crippen LogP contribution in [0.15, 0.2) is 12.4 Å². The highest BCUT2D eigenvalue weighted by atomic mass is 35.5. The van der Waals surface area contributed by atoms with Gasteiger partial charge < -0.3 is 0 Å². The minimum absolute atomic E-state index is 0.352. The van der Waals surface area contributed by atoms with Gasteiger partial charge in [-0.3, -0.25) is 9.36 Å². The van der Waals surface area contributed by atoms with Crippen LogP contribution < -0.4 is 0 Å². The second-order valence-corrected chi connectivity index (χ2v) is 6.43. The zero-order valence-corrected chi connectivity index (χ0v) is 14.4. The fourth-order valence-corrected chi connectivity index (χ4v) is 2.99. The van der Waals surface area contributed by atoms with E-state index in [4.69, 9.17) is 11.6 Å². The highest BCUT2D eigenvalue weighted by molar-refractivity contribution is 6.31. The second-order valence-electron chi connectivity index (χ2n) is 6.03. The van der Waals surface area contributed by atoms with E-state index in [1.807, 2.05) is 22.6 Å². The molecule has 2 aromatic rings. The Kier molecular flexibility index (Phi) is 5.09. The van der Waals surface area contributed by atoms with Gasteiger partial charge in [0.05, 0.1) is 16.4 Å². The molecule has 116 valence electrons. The normalized spacial score (nSPS) is 13.1. The van der Waals surface area contributed by atoms with Gasteiger partial charge in [0.2, 0.25) is 0 Å². The predicted molar refractivity (Wildman–Crippen MR) is 86.9 cm³/mol. The van der Waals surface area contributed by atoms with Crippen LogP contribution in [0.25, 0.3) is 0 Å². The Hall–Kier alpha value is -1.29. The van der Waals surface area contributed by atoms with Gasteiger partial charge in [-0.25, -0.2) is 0 Å². The molecule has 0 aliphatic carbocycles. The summed E-state index contributed by atoms with van der Waals surface area (Å²) in [5, 5.41) is 9.91. The molecule has 1 unspecified atom stereocenters. The first-order valence-electron chi connectivity index (χ1n) is 7.67. The van der Waals surface area contributed by atoms with E-state index in [0.29, 0.717) is 11.8 Å². The highest BCUT2D eigenvalue weighted by Gasteiger charge is 2.17. The Bertz CT molecular complexity index is 597. The topological polar surface area (TPSA) is 35.6 Å². The van der Waals surface area contributed by atoms with E-state index in [-0.39, 0.29) is 0 Å². The molecule has 1 atom stereocenters. The van der Waals surface area contributed by atoms with Crippen molar-refractivity contribution in [2.24, 2.45) is 7.05 Å².